The molecule has 0 aromatic carbocycles. The summed E-state index contributed by atoms with van der Waals surface area (Å²) in [6.07, 6.45) is 1.37. The number of hydrogen-bond donors (Lipinski definition) is 0. The molecule has 0 bridgehead atoms. The van der Waals surface area contributed by atoms with E-state index in [0.29, 0.717) is 6.04 Å². The van der Waals surface area contributed by atoms with Gasteiger partial charge in [-0.25, -0.2) is 0 Å². The molecule has 2 rings (SSSR count). The minimum atomic E-state index is 0.653. The second-order valence-corrected chi connectivity index (χ2v) is 4.56. The summed E-state index contributed by atoms with van der Waals surface area (Å²) >= 11 is 1.93. The van der Waals surface area contributed by atoms with Crippen LogP contribution in [0.2, 0.25) is 0 Å². The zero-order valence-electron chi connectivity index (χ0n) is 6.45. The van der Waals surface area contributed by atoms with E-state index in [4.69, 9.17) is 0 Å². The van der Waals surface area contributed by atoms with Gasteiger partial charge in [0, 0.05) is 5.25 Å². The van der Waals surface area contributed by atoms with E-state index in [-0.39, 0.29) is 0 Å². The number of nitrogens with zero attached hydrogens (tertiary/aromatic N) is 1. The molecule has 0 radical (unpaired) electrons. The molecule has 4 unspecified atom stereocenters. The maximum absolute atomic E-state index is 4.47. The van der Waals surface area contributed by atoms with E-state index in [9.17, 15) is 0 Å². The third-order valence-corrected chi connectivity index (χ3v) is 3.98. The summed E-state index contributed by atoms with van der Waals surface area (Å²) in [5, 5.41) is 0.815. The van der Waals surface area contributed by atoms with Crippen LogP contribution in [-0.4, -0.2) is 16.8 Å². The lowest BCUT2D eigenvalue weighted by atomic mass is 10.1. The molecular weight excluding hydrogens is 142 g/mol. The molecule has 0 amide bonds. The van der Waals surface area contributed by atoms with Crippen molar-refractivity contribution in [3.63, 3.8) is 0 Å². The number of fused-ring (bicyclic) bond motifs is 1. The molecule has 1 saturated carbocycles. The molecule has 1 fully saturated rings. The molecular formula is C8H13NS. The third-order valence-electron chi connectivity index (χ3n) is 2.68. The molecule has 0 aromatic heterocycles. The van der Waals surface area contributed by atoms with Gasteiger partial charge >= 0.3 is 0 Å². The SMILES string of the molecule is CC1CC(C)C2SC=NC12. The van der Waals surface area contributed by atoms with Crippen LogP contribution in [-0.2, 0) is 0 Å². The van der Waals surface area contributed by atoms with Crippen LogP contribution in [0, 0.1) is 11.8 Å². The largest absolute Gasteiger partial charge is 0.282 e. The zero-order valence-corrected chi connectivity index (χ0v) is 7.27. The van der Waals surface area contributed by atoms with Crippen LogP contribution in [0.5, 0.6) is 0 Å². The van der Waals surface area contributed by atoms with Gasteiger partial charge in [0.15, 0.2) is 0 Å². The smallest absolute Gasteiger partial charge is 0.0656 e. The quantitative estimate of drug-likeness (QED) is 0.522. The van der Waals surface area contributed by atoms with Crippen LogP contribution >= 0.6 is 11.8 Å². The standard InChI is InChI=1S/C8H13NS/c1-5-3-6(2)8-7(5)9-4-10-8/h4-8H,3H2,1-2H3. The van der Waals surface area contributed by atoms with Crippen LogP contribution in [0.3, 0.4) is 0 Å². The van der Waals surface area contributed by atoms with Gasteiger partial charge in [0.2, 0.25) is 0 Å². The monoisotopic (exact) mass is 155 g/mol. The van der Waals surface area contributed by atoms with Crippen molar-refractivity contribution < 1.29 is 0 Å². The van der Waals surface area contributed by atoms with E-state index in [2.05, 4.69) is 18.8 Å². The summed E-state index contributed by atoms with van der Waals surface area (Å²) in [5.41, 5.74) is 2.04. The fourth-order valence-corrected chi connectivity index (χ4v) is 3.37. The molecule has 1 heterocycles. The van der Waals surface area contributed by atoms with Crippen molar-refractivity contribution >= 4 is 17.3 Å². The van der Waals surface area contributed by atoms with E-state index in [1.807, 2.05) is 17.3 Å². The zero-order chi connectivity index (χ0) is 7.14. The van der Waals surface area contributed by atoms with E-state index in [1.54, 1.807) is 0 Å². The highest BCUT2D eigenvalue weighted by molar-refractivity contribution is 8.13. The first kappa shape index (κ1) is 6.71. The number of aliphatic imine (C=N–C) groups is 1. The highest BCUT2D eigenvalue weighted by atomic mass is 32.2. The van der Waals surface area contributed by atoms with E-state index >= 15 is 0 Å². The van der Waals surface area contributed by atoms with Gasteiger partial charge in [0.1, 0.15) is 0 Å². The van der Waals surface area contributed by atoms with Crippen LogP contribution < -0.4 is 0 Å². The Hall–Kier alpha value is 0.0200. The Morgan fingerprint density at radius 3 is 2.90 bits per heavy atom. The molecule has 0 spiro atoms. The first-order valence-electron chi connectivity index (χ1n) is 3.96. The van der Waals surface area contributed by atoms with Crippen LogP contribution in [0.15, 0.2) is 4.99 Å². The Morgan fingerprint density at radius 2 is 2.20 bits per heavy atom. The lowest BCUT2D eigenvalue weighted by Crippen LogP contribution is -2.17. The van der Waals surface area contributed by atoms with Gasteiger partial charge in [0.05, 0.1) is 11.6 Å². The fraction of sp³-hybridized carbons (Fsp3) is 0.875. The Kier molecular flexibility index (Phi) is 1.52. The number of hydrogen-bond acceptors (Lipinski definition) is 2. The predicted molar refractivity (Wildman–Crippen MR) is 46.6 cm³/mol. The minimum Gasteiger partial charge on any atom is -0.282 e. The van der Waals surface area contributed by atoms with Gasteiger partial charge in [-0.15, -0.1) is 11.8 Å². The average Bonchev–Trinajstić information content (AvgIpc) is 2.39. The minimum absolute atomic E-state index is 0.653. The Labute approximate surface area is 66.3 Å². The molecule has 0 N–H and O–H groups in total. The second kappa shape index (κ2) is 2.26. The van der Waals surface area contributed by atoms with Crippen molar-refractivity contribution in [2.45, 2.75) is 31.6 Å². The molecule has 56 valence electrons. The maximum atomic E-state index is 4.47. The van der Waals surface area contributed by atoms with Gasteiger partial charge in [-0.2, -0.15) is 0 Å². The molecule has 1 aliphatic carbocycles. The Morgan fingerprint density at radius 1 is 1.40 bits per heavy atom. The fourth-order valence-electron chi connectivity index (χ4n) is 2.14. The van der Waals surface area contributed by atoms with Crippen molar-refractivity contribution in [3.05, 3.63) is 0 Å². The summed E-state index contributed by atoms with van der Waals surface area (Å²) in [4.78, 5) is 4.47. The lowest BCUT2D eigenvalue weighted by Gasteiger charge is -2.11. The number of thioether (sulfide) groups is 1. The van der Waals surface area contributed by atoms with Crippen molar-refractivity contribution in [3.8, 4) is 0 Å². The lowest BCUT2D eigenvalue weighted by molar-refractivity contribution is 0.526. The molecule has 1 aliphatic heterocycles. The van der Waals surface area contributed by atoms with Gasteiger partial charge in [0.25, 0.3) is 0 Å². The first-order valence-corrected chi connectivity index (χ1v) is 4.90. The molecule has 2 heteroatoms. The van der Waals surface area contributed by atoms with Gasteiger partial charge in [-0.3, -0.25) is 4.99 Å². The van der Waals surface area contributed by atoms with Crippen LogP contribution in [0.25, 0.3) is 0 Å². The molecule has 4 atom stereocenters. The molecule has 2 aliphatic rings. The van der Waals surface area contributed by atoms with Crippen molar-refractivity contribution in [1.82, 2.24) is 0 Å². The summed E-state index contributed by atoms with van der Waals surface area (Å²) in [6.45, 7) is 4.67. The van der Waals surface area contributed by atoms with Gasteiger partial charge in [-0.05, 0) is 18.3 Å². The summed E-state index contributed by atoms with van der Waals surface area (Å²) in [6, 6.07) is 0.653. The van der Waals surface area contributed by atoms with Crippen molar-refractivity contribution in [2.24, 2.45) is 16.8 Å². The highest BCUT2D eigenvalue weighted by Gasteiger charge is 2.40. The average molecular weight is 155 g/mol. The van der Waals surface area contributed by atoms with Crippen molar-refractivity contribution in [1.29, 1.82) is 0 Å². The normalized spacial score (nSPS) is 51.8. The predicted octanol–water partition coefficient (Wildman–Crippen LogP) is 2.17. The highest BCUT2D eigenvalue weighted by Crippen LogP contribution is 2.42. The molecule has 10 heavy (non-hydrogen) atoms. The van der Waals surface area contributed by atoms with Crippen LogP contribution in [0.1, 0.15) is 20.3 Å². The topological polar surface area (TPSA) is 12.4 Å². The summed E-state index contributed by atoms with van der Waals surface area (Å²) < 4.78 is 0. The van der Waals surface area contributed by atoms with E-state index in [1.165, 1.54) is 6.42 Å². The van der Waals surface area contributed by atoms with E-state index < -0.39 is 0 Å². The van der Waals surface area contributed by atoms with Crippen molar-refractivity contribution in [2.75, 3.05) is 0 Å². The number of rotatable bonds is 0. The summed E-state index contributed by atoms with van der Waals surface area (Å²) in [7, 11) is 0. The van der Waals surface area contributed by atoms with E-state index in [0.717, 1.165) is 17.1 Å². The molecule has 1 nitrogen and oxygen atoms in total. The first-order chi connectivity index (χ1) is 4.79. The Balaban J connectivity index is 2.17. The van der Waals surface area contributed by atoms with Gasteiger partial charge in [-0.1, -0.05) is 13.8 Å². The second-order valence-electron chi connectivity index (χ2n) is 3.54. The Bertz CT molecular complexity index is 167. The van der Waals surface area contributed by atoms with Gasteiger partial charge < -0.3 is 0 Å². The third kappa shape index (κ3) is 0.815. The van der Waals surface area contributed by atoms with Crippen LogP contribution in [0.4, 0.5) is 0 Å². The maximum Gasteiger partial charge on any atom is 0.0656 e. The summed E-state index contributed by atoms with van der Waals surface area (Å²) in [5.74, 6) is 1.71. The molecule has 0 saturated heterocycles. The molecule has 0 aromatic rings.